The van der Waals surface area contributed by atoms with Gasteiger partial charge in [-0.25, -0.2) is 4.79 Å². The van der Waals surface area contributed by atoms with Gasteiger partial charge in [-0.1, -0.05) is 50.2 Å². The molecule has 1 unspecified atom stereocenters. The van der Waals surface area contributed by atoms with Crippen molar-refractivity contribution in [3.63, 3.8) is 0 Å². The van der Waals surface area contributed by atoms with E-state index >= 15 is 0 Å². The third kappa shape index (κ3) is 7.96. The highest BCUT2D eigenvalue weighted by atomic mass is 19.4. The Hall–Kier alpha value is -3.03. The number of halogens is 3. The number of hydrogen-bond donors (Lipinski definition) is 2. The molecule has 2 N–H and O–H groups in total. The lowest BCUT2D eigenvalue weighted by molar-refractivity contribution is -0.137. The standard InChI is InChI=1S/C23H28F3N3O2/c1-16(2)15-29(13-12-21(30)27-17(3)18-8-5-4-6-9-18)22(31)28-20-11-7-10-19(14-20)23(24,25)26/h4-11,14,16-17H,12-13,15H2,1-3H3,(H,27,30)(H,28,31). The normalized spacial score (nSPS) is 12.4. The van der Waals surface area contributed by atoms with Gasteiger partial charge in [0.05, 0.1) is 11.6 Å². The van der Waals surface area contributed by atoms with E-state index in [1.807, 2.05) is 51.1 Å². The highest BCUT2D eigenvalue weighted by molar-refractivity contribution is 5.89. The minimum Gasteiger partial charge on any atom is -0.350 e. The second kappa shape index (κ2) is 10.8. The maximum Gasteiger partial charge on any atom is 0.416 e. The van der Waals surface area contributed by atoms with Gasteiger partial charge in [0, 0.05) is 25.2 Å². The molecule has 31 heavy (non-hydrogen) atoms. The summed E-state index contributed by atoms with van der Waals surface area (Å²) < 4.78 is 38.7. The minimum absolute atomic E-state index is 0.0516. The number of carbonyl (C=O) groups excluding carboxylic acids is 2. The van der Waals surface area contributed by atoms with Gasteiger partial charge in [-0.15, -0.1) is 0 Å². The highest BCUT2D eigenvalue weighted by Gasteiger charge is 2.30. The number of rotatable bonds is 8. The van der Waals surface area contributed by atoms with Crippen molar-refractivity contribution in [3.05, 3.63) is 65.7 Å². The van der Waals surface area contributed by atoms with Crippen LogP contribution in [0.2, 0.25) is 0 Å². The summed E-state index contributed by atoms with van der Waals surface area (Å²) in [7, 11) is 0. The van der Waals surface area contributed by atoms with Gasteiger partial charge in [-0.2, -0.15) is 13.2 Å². The minimum atomic E-state index is -4.49. The van der Waals surface area contributed by atoms with Crippen LogP contribution in [0.5, 0.6) is 0 Å². The SMILES string of the molecule is CC(C)CN(CCC(=O)NC(C)c1ccccc1)C(=O)Nc1cccc(C(F)(F)F)c1. The van der Waals surface area contributed by atoms with E-state index in [4.69, 9.17) is 0 Å². The summed E-state index contributed by atoms with van der Waals surface area (Å²) in [5.41, 5.74) is 0.183. The first-order chi connectivity index (χ1) is 14.6. The lowest BCUT2D eigenvalue weighted by Crippen LogP contribution is -2.40. The molecular formula is C23H28F3N3O2. The van der Waals surface area contributed by atoms with Gasteiger partial charge >= 0.3 is 12.2 Å². The monoisotopic (exact) mass is 435 g/mol. The van der Waals surface area contributed by atoms with E-state index in [9.17, 15) is 22.8 Å². The van der Waals surface area contributed by atoms with E-state index in [1.165, 1.54) is 17.0 Å². The number of benzene rings is 2. The fraction of sp³-hybridized carbons (Fsp3) is 0.391. The van der Waals surface area contributed by atoms with Crippen molar-refractivity contribution in [1.82, 2.24) is 10.2 Å². The van der Waals surface area contributed by atoms with E-state index in [0.717, 1.165) is 17.7 Å². The number of hydrogen-bond acceptors (Lipinski definition) is 2. The first-order valence-corrected chi connectivity index (χ1v) is 10.1. The van der Waals surface area contributed by atoms with E-state index in [0.29, 0.717) is 6.54 Å². The Morgan fingerprint density at radius 3 is 2.29 bits per heavy atom. The number of alkyl halides is 3. The van der Waals surface area contributed by atoms with Gasteiger partial charge in [0.15, 0.2) is 0 Å². The largest absolute Gasteiger partial charge is 0.416 e. The summed E-state index contributed by atoms with van der Waals surface area (Å²) in [5.74, 6) is -0.0875. The zero-order valence-electron chi connectivity index (χ0n) is 17.9. The zero-order valence-corrected chi connectivity index (χ0v) is 17.9. The first-order valence-electron chi connectivity index (χ1n) is 10.1. The maximum atomic E-state index is 12.9. The van der Waals surface area contributed by atoms with E-state index < -0.39 is 17.8 Å². The molecule has 5 nitrogen and oxygen atoms in total. The van der Waals surface area contributed by atoms with Crippen LogP contribution in [-0.4, -0.2) is 29.9 Å². The van der Waals surface area contributed by atoms with Gasteiger partial charge in [-0.3, -0.25) is 4.79 Å². The number of amides is 3. The summed E-state index contributed by atoms with van der Waals surface area (Å²) in [6.45, 7) is 6.23. The zero-order chi connectivity index (χ0) is 23.0. The lowest BCUT2D eigenvalue weighted by atomic mass is 10.1. The van der Waals surface area contributed by atoms with Gasteiger partial charge in [0.25, 0.3) is 0 Å². The predicted molar refractivity (Wildman–Crippen MR) is 114 cm³/mol. The molecule has 0 saturated carbocycles. The van der Waals surface area contributed by atoms with Gasteiger partial charge in [-0.05, 0) is 36.6 Å². The van der Waals surface area contributed by atoms with Crippen molar-refractivity contribution in [3.8, 4) is 0 Å². The molecular weight excluding hydrogens is 407 g/mol. The summed E-state index contributed by atoms with van der Waals surface area (Å²) in [5, 5.41) is 5.40. The molecule has 2 aromatic rings. The third-order valence-corrected chi connectivity index (χ3v) is 4.60. The molecule has 0 spiro atoms. The number of nitrogens with zero attached hydrogens (tertiary/aromatic N) is 1. The van der Waals surface area contributed by atoms with Crippen LogP contribution in [0.4, 0.5) is 23.7 Å². The first kappa shape index (κ1) is 24.2. The van der Waals surface area contributed by atoms with Crippen LogP contribution in [-0.2, 0) is 11.0 Å². The van der Waals surface area contributed by atoms with Crippen LogP contribution in [0.25, 0.3) is 0 Å². The molecule has 0 bridgehead atoms. The summed E-state index contributed by atoms with van der Waals surface area (Å²) in [6, 6.07) is 13.3. The van der Waals surface area contributed by atoms with E-state index in [-0.39, 0.29) is 36.5 Å². The second-order valence-electron chi connectivity index (χ2n) is 7.80. The van der Waals surface area contributed by atoms with Gasteiger partial charge < -0.3 is 15.5 Å². The molecule has 3 amide bonds. The average molecular weight is 435 g/mol. The molecule has 0 heterocycles. The topological polar surface area (TPSA) is 61.4 Å². The molecule has 2 aromatic carbocycles. The van der Waals surface area contributed by atoms with Crippen LogP contribution < -0.4 is 10.6 Å². The fourth-order valence-corrected chi connectivity index (χ4v) is 3.07. The van der Waals surface area contributed by atoms with Crippen LogP contribution in [0.1, 0.15) is 44.4 Å². The van der Waals surface area contributed by atoms with Crippen LogP contribution >= 0.6 is 0 Å². The molecule has 0 aromatic heterocycles. The predicted octanol–water partition coefficient (Wildman–Crippen LogP) is 5.46. The Kier molecular flexibility index (Phi) is 8.47. The van der Waals surface area contributed by atoms with Gasteiger partial charge in [0.2, 0.25) is 5.91 Å². The third-order valence-electron chi connectivity index (χ3n) is 4.60. The molecule has 0 saturated heterocycles. The maximum absolute atomic E-state index is 12.9. The van der Waals surface area contributed by atoms with Crippen molar-refractivity contribution in [2.75, 3.05) is 18.4 Å². The second-order valence-corrected chi connectivity index (χ2v) is 7.80. The Balaban J connectivity index is 1.98. The molecule has 0 aliphatic rings. The van der Waals surface area contributed by atoms with Crippen LogP contribution in [0, 0.1) is 5.92 Å². The highest BCUT2D eigenvalue weighted by Crippen LogP contribution is 2.30. The molecule has 1 atom stereocenters. The lowest BCUT2D eigenvalue weighted by Gasteiger charge is -2.25. The Labute approximate surface area is 180 Å². The summed E-state index contributed by atoms with van der Waals surface area (Å²) in [6.07, 6.45) is -4.41. The van der Waals surface area contributed by atoms with Crippen molar-refractivity contribution in [2.45, 2.75) is 39.4 Å². The van der Waals surface area contributed by atoms with Crippen molar-refractivity contribution in [1.29, 1.82) is 0 Å². The smallest absolute Gasteiger partial charge is 0.350 e. The Bertz CT molecular complexity index is 870. The number of carbonyl (C=O) groups is 2. The van der Waals surface area contributed by atoms with Crippen molar-refractivity contribution >= 4 is 17.6 Å². The van der Waals surface area contributed by atoms with Crippen molar-refractivity contribution in [2.24, 2.45) is 5.92 Å². The Morgan fingerprint density at radius 2 is 1.68 bits per heavy atom. The summed E-state index contributed by atoms with van der Waals surface area (Å²) in [4.78, 5) is 26.5. The summed E-state index contributed by atoms with van der Waals surface area (Å²) >= 11 is 0. The van der Waals surface area contributed by atoms with Crippen LogP contribution in [0.15, 0.2) is 54.6 Å². The number of anilines is 1. The molecule has 168 valence electrons. The molecule has 8 heteroatoms. The van der Waals surface area contributed by atoms with Gasteiger partial charge in [0.1, 0.15) is 0 Å². The molecule has 2 rings (SSSR count). The van der Waals surface area contributed by atoms with E-state index in [2.05, 4.69) is 10.6 Å². The number of urea groups is 1. The van der Waals surface area contributed by atoms with Crippen molar-refractivity contribution < 1.29 is 22.8 Å². The fourth-order valence-electron chi connectivity index (χ4n) is 3.07. The molecule has 0 aliphatic carbocycles. The average Bonchev–Trinajstić information content (AvgIpc) is 2.71. The van der Waals surface area contributed by atoms with E-state index in [1.54, 1.807) is 0 Å². The molecule has 0 radical (unpaired) electrons. The number of nitrogens with one attached hydrogen (secondary N) is 2. The quantitative estimate of drug-likeness (QED) is 0.578. The molecule has 0 fully saturated rings. The van der Waals surface area contributed by atoms with Crippen LogP contribution in [0.3, 0.4) is 0 Å². The molecule has 0 aliphatic heterocycles. The Morgan fingerprint density at radius 1 is 1.00 bits per heavy atom.